The molecule has 3 heterocycles. The summed E-state index contributed by atoms with van der Waals surface area (Å²) < 4.78 is 5.19. The molecule has 6 aromatic carbocycles. The number of hydrogen-bond acceptors (Lipinski definition) is 2. The van der Waals surface area contributed by atoms with E-state index in [4.69, 9.17) is 0 Å². The van der Waals surface area contributed by atoms with Crippen molar-refractivity contribution in [1.82, 2.24) is 4.57 Å². The largest absolute Gasteiger partial charge is 0.355 e. The summed E-state index contributed by atoms with van der Waals surface area (Å²) in [6.45, 7) is 16.3. The minimum absolute atomic E-state index is 0.0455. The molecule has 0 amide bonds. The second kappa shape index (κ2) is 12.7. The molecule has 1 radical (unpaired) electrons. The molecular weight excluding hydrogens is 659 g/mol. The van der Waals surface area contributed by atoms with Crippen LogP contribution in [-0.2, 0) is 17.3 Å². The number of hydrogen-bond donors (Lipinski definition) is 1. The first-order valence-electron chi connectivity index (χ1n) is 19.4. The molecule has 0 unspecified atom stereocenters. The lowest BCUT2D eigenvalue weighted by atomic mass is 9.57. The molecule has 4 heteroatoms. The fourth-order valence-corrected chi connectivity index (χ4v) is 9.61. The number of aryl methyl sites for hydroxylation is 1. The number of nitrogens with zero attached hydrogens (tertiary/aromatic N) is 1. The minimum Gasteiger partial charge on any atom is -0.355 e. The summed E-state index contributed by atoms with van der Waals surface area (Å²) >= 11 is 1.88. The van der Waals surface area contributed by atoms with Gasteiger partial charge in [0.2, 0.25) is 0 Å². The molecule has 0 saturated carbocycles. The second-order valence-corrected chi connectivity index (χ2v) is 18.2. The Balaban J connectivity index is 1.34. The van der Waals surface area contributed by atoms with Gasteiger partial charge < -0.3 is 9.88 Å². The number of para-hydroxylation sites is 1. The lowest BCUT2D eigenvalue weighted by molar-refractivity contribution is 0.590. The molecule has 0 bridgehead atoms. The van der Waals surface area contributed by atoms with Gasteiger partial charge in [-0.3, -0.25) is 0 Å². The molecule has 0 atom stereocenters. The Labute approximate surface area is 319 Å². The summed E-state index contributed by atoms with van der Waals surface area (Å²) in [4.78, 5) is 0. The third-order valence-corrected chi connectivity index (χ3v) is 12.5. The van der Waals surface area contributed by atoms with E-state index in [1.54, 1.807) is 0 Å². The SMILES string of the molecule is CCCCCc1ccc(Nc2cc3sc4ccccc4c3cc2-c2cc(C(C)(C)C)c3c4ccccc4n4c3c2[B]c2cc(C(C)(C)C)ccc2-4)cc1. The van der Waals surface area contributed by atoms with Gasteiger partial charge in [0.15, 0.2) is 7.28 Å². The van der Waals surface area contributed by atoms with Gasteiger partial charge in [-0.25, -0.2) is 0 Å². The number of benzene rings is 6. The molecule has 1 N–H and O–H groups in total. The number of thiophene rings is 1. The van der Waals surface area contributed by atoms with Crippen molar-refractivity contribution in [2.75, 3.05) is 5.32 Å². The van der Waals surface area contributed by atoms with E-state index >= 15 is 0 Å². The average Bonchev–Trinajstić information content (AvgIpc) is 3.68. The van der Waals surface area contributed by atoms with Crippen LogP contribution in [0.4, 0.5) is 11.4 Å². The molecule has 0 spiro atoms. The number of fused-ring (bicyclic) bond motifs is 8. The van der Waals surface area contributed by atoms with E-state index in [2.05, 4.69) is 175 Å². The maximum absolute atomic E-state index is 3.95. The average molecular weight is 708 g/mol. The monoisotopic (exact) mass is 707 g/mol. The van der Waals surface area contributed by atoms with E-state index in [1.165, 1.54) is 106 Å². The van der Waals surface area contributed by atoms with Crippen LogP contribution in [0.15, 0.2) is 109 Å². The quantitative estimate of drug-likeness (QED) is 0.129. The van der Waals surface area contributed by atoms with Crippen LogP contribution < -0.4 is 16.2 Å². The predicted molar refractivity (Wildman–Crippen MR) is 234 cm³/mol. The Kier molecular flexibility index (Phi) is 8.13. The van der Waals surface area contributed by atoms with Gasteiger partial charge in [0.25, 0.3) is 0 Å². The van der Waals surface area contributed by atoms with E-state index < -0.39 is 0 Å². The fraction of sp³-hybridized carbons (Fsp3) is 0.265. The second-order valence-electron chi connectivity index (χ2n) is 17.2. The number of unbranched alkanes of at least 4 members (excludes halogenated alkanes) is 2. The van der Waals surface area contributed by atoms with Gasteiger partial charge in [0.1, 0.15) is 0 Å². The van der Waals surface area contributed by atoms with Crippen LogP contribution in [0.1, 0.15) is 84.4 Å². The number of rotatable bonds is 7. The van der Waals surface area contributed by atoms with Gasteiger partial charge in [0, 0.05) is 59.1 Å². The van der Waals surface area contributed by atoms with Gasteiger partial charge in [0.05, 0.1) is 5.52 Å². The zero-order valence-electron chi connectivity index (χ0n) is 32.2. The number of aromatic nitrogens is 1. The van der Waals surface area contributed by atoms with Crippen molar-refractivity contribution in [3.8, 4) is 16.8 Å². The van der Waals surface area contributed by atoms with Gasteiger partial charge in [-0.05, 0) is 93.9 Å². The lowest BCUT2D eigenvalue weighted by Gasteiger charge is -2.29. The van der Waals surface area contributed by atoms with E-state index in [-0.39, 0.29) is 10.8 Å². The van der Waals surface area contributed by atoms with E-state index in [0.717, 1.165) is 17.8 Å². The molecule has 8 aromatic rings. The van der Waals surface area contributed by atoms with Gasteiger partial charge in [-0.15, -0.1) is 11.3 Å². The molecule has 53 heavy (non-hydrogen) atoms. The minimum atomic E-state index is -0.0843. The van der Waals surface area contributed by atoms with Crippen LogP contribution in [0.3, 0.4) is 0 Å². The van der Waals surface area contributed by atoms with Crippen molar-refractivity contribution >= 4 is 82.9 Å². The molecule has 1 aliphatic heterocycles. The standard InChI is InChI=1S/C49H48BN2S/c1-8-9-10-15-30-20-23-32(24-21-30)51-40-29-44-36(33-16-12-14-19-43(33)53-44)27-35(40)37-28-38(49(5,6)7)45-34-17-11-13-18-41(34)52-42-25-22-31(48(2,3)4)26-39(42)50-46(37)47(45)52/h11-14,16-29,51H,8-10,15H2,1-7H3. The van der Waals surface area contributed by atoms with Crippen LogP contribution in [0.2, 0.25) is 0 Å². The molecular formula is C49H48BN2S. The first kappa shape index (κ1) is 34.0. The number of nitrogens with one attached hydrogen (secondary N) is 1. The maximum Gasteiger partial charge on any atom is 0.197 e. The molecule has 2 aromatic heterocycles. The summed E-state index contributed by atoms with van der Waals surface area (Å²) in [7, 11) is 2.48. The summed E-state index contributed by atoms with van der Waals surface area (Å²) in [6.07, 6.45) is 4.90. The highest BCUT2D eigenvalue weighted by Crippen LogP contribution is 2.45. The first-order chi connectivity index (χ1) is 25.5. The van der Waals surface area contributed by atoms with Crippen molar-refractivity contribution in [3.05, 3.63) is 126 Å². The highest BCUT2D eigenvalue weighted by Gasteiger charge is 2.32. The topological polar surface area (TPSA) is 17.0 Å². The Hall–Kier alpha value is -4.80. The molecule has 1 aliphatic rings. The molecule has 0 aliphatic carbocycles. The van der Waals surface area contributed by atoms with E-state index in [0.29, 0.717) is 0 Å². The Morgan fingerprint density at radius 1 is 0.679 bits per heavy atom. The number of anilines is 2. The molecule has 263 valence electrons. The summed E-state index contributed by atoms with van der Waals surface area (Å²) in [5, 5.41) is 9.27. The van der Waals surface area contributed by atoms with Crippen molar-refractivity contribution in [2.24, 2.45) is 0 Å². The van der Waals surface area contributed by atoms with Crippen molar-refractivity contribution < 1.29 is 0 Å². The van der Waals surface area contributed by atoms with Crippen LogP contribution in [0.5, 0.6) is 0 Å². The highest BCUT2D eigenvalue weighted by atomic mass is 32.1. The summed E-state index contributed by atoms with van der Waals surface area (Å²) in [5.41, 5.74) is 15.3. The van der Waals surface area contributed by atoms with Gasteiger partial charge >= 0.3 is 0 Å². The van der Waals surface area contributed by atoms with Crippen molar-refractivity contribution in [2.45, 2.75) is 85.0 Å². The molecule has 9 rings (SSSR count). The molecule has 2 nitrogen and oxygen atoms in total. The van der Waals surface area contributed by atoms with Gasteiger partial charge in [-0.2, -0.15) is 0 Å². The van der Waals surface area contributed by atoms with Crippen LogP contribution in [0.25, 0.3) is 58.8 Å². The van der Waals surface area contributed by atoms with Crippen molar-refractivity contribution in [1.29, 1.82) is 0 Å². The van der Waals surface area contributed by atoms with E-state index in [9.17, 15) is 0 Å². The third kappa shape index (κ3) is 5.78. The van der Waals surface area contributed by atoms with E-state index in [1.807, 2.05) is 11.3 Å². The zero-order valence-corrected chi connectivity index (χ0v) is 33.0. The maximum atomic E-state index is 3.95. The molecule has 0 fully saturated rings. The Bertz CT molecular complexity index is 2700. The Morgan fingerprint density at radius 3 is 2.19 bits per heavy atom. The normalized spacial score (nSPS) is 12.9. The summed E-state index contributed by atoms with van der Waals surface area (Å²) in [5.74, 6) is 0. The van der Waals surface area contributed by atoms with Gasteiger partial charge in [-0.1, -0.05) is 134 Å². The van der Waals surface area contributed by atoms with Crippen LogP contribution in [0, 0.1) is 0 Å². The third-order valence-electron chi connectivity index (χ3n) is 11.3. The molecule has 0 saturated heterocycles. The first-order valence-corrected chi connectivity index (χ1v) is 20.2. The summed E-state index contributed by atoms with van der Waals surface area (Å²) in [6, 6.07) is 41.6. The van der Waals surface area contributed by atoms with Crippen LogP contribution >= 0.6 is 11.3 Å². The van der Waals surface area contributed by atoms with Crippen molar-refractivity contribution in [3.63, 3.8) is 0 Å². The smallest absolute Gasteiger partial charge is 0.197 e. The Morgan fingerprint density at radius 2 is 1.43 bits per heavy atom. The fourth-order valence-electron chi connectivity index (χ4n) is 8.48. The lowest BCUT2D eigenvalue weighted by Crippen LogP contribution is -2.38. The predicted octanol–water partition coefficient (Wildman–Crippen LogP) is 12.9. The zero-order chi connectivity index (χ0) is 36.6. The highest BCUT2D eigenvalue weighted by molar-refractivity contribution is 7.25. The van der Waals surface area contributed by atoms with Crippen LogP contribution in [-0.4, -0.2) is 11.8 Å².